The highest BCUT2D eigenvalue weighted by Gasteiger charge is 2.31. The quantitative estimate of drug-likeness (QED) is 0.494. The number of methoxy groups -OCH3 is 1. The van der Waals surface area contributed by atoms with Crippen molar-refractivity contribution in [1.29, 1.82) is 0 Å². The summed E-state index contributed by atoms with van der Waals surface area (Å²) in [6.07, 6.45) is -0.668. The predicted octanol–water partition coefficient (Wildman–Crippen LogP) is 2.93. The molecule has 1 heterocycles. The Hall–Kier alpha value is -2.48. The Bertz CT molecular complexity index is 738. The SMILES string of the molecule is CO[C@H]1OC[C@H](C(=NO)c2cc(F)cc(OCc3ccccc3)c2)O1. The van der Waals surface area contributed by atoms with Crippen molar-refractivity contribution in [3.63, 3.8) is 0 Å². The molecular formula is C18H18FNO5. The summed E-state index contributed by atoms with van der Waals surface area (Å²) in [7, 11) is 1.43. The van der Waals surface area contributed by atoms with Crippen molar-refractivity contribution in [2.45, 2.75) is 19.2 Å². The van der Waals surface area contributed by atoms with Crippen LogP contribution in [0.3, 0.4) is 0 Å². The zero-order chi connectivity index (χ0) is 17.6. The number of rotatable bonds is 6. The molecule has 1 saturated heterocycles. The zero-order valence-corrected chi connectivity index (χ0v) is 13.6. The van der Waals surface area contributed by atoms with Crippen molar-refractivity contribution in [2.24, 2.45) is 5.16 Å². The zero-order valence-electron chi connectivity index (χ0n) is 13.6. The van der Waals surface area contributed by atoms with E-state index in [1.54, 1.807) is 6.07 Å². The standard InChI is InChI=1S/C18H18FNO5/c1-22-18-24-11-16(25-18)17(20-21)13-7-14(19)9-15(8-13)23-10-12-5-3-2-4-6-12/h2-9,16,18,21H,10-11H2,1H3/t16-,18+/m1/s1. The van der Waals surface area contributed by atoms with Gasteiger partial charge in [-0.15, -0.1) is 0 Å². The molecule has 1 N–H and O–H groups in total. The van der Waals surface area contributed by atoms with Gasteiger partial charge in [-0.1, -0.05) is 35.5 Å². The lowest BCUT2D eigenvalue weighted by atomic mass is 10.1. The van der Waals surface area contributed by atoms with Crippen LogP contribution in [0.25, 0.3) is 0 Å². The van der Waals surface area contributed by atoms with E-state index in [-0.39, 0.29) is 12.3 Å². The molecule has 6 nitrogen and oxygen atoms in total. The molecule has 25 heavy (non-hydrogen) atoms. The summed E-state index contributed by atoms with van der Waals surface area (Å²) in [6.45, 7) is -0.414. The summed E-state index contributed by atoms with van der Waals surface area (Å²) in [5.41, 5.74) is 1.44. The molecule has 0 spiro atoms. The van der Waals surface area contributed by atoms with E-state index in [0.717, 1.165) is 5.56 Å². The Labute approximate surface area is 144 Å². The van der Waals surface area contributed by atoms with Crippen LogP contribution in [0.4, 0.5) is 4.39 Å². The normalized spacial score (nSPS) is 20.6. The maximum atomic E-state index is 14.0. The van der Waals surface area contributed by atoms with Crippen molar-refractivity contribution in [3.05, 3.63) is 65.5 Å². The minimum Gasteiger partial charge on any atom is -0.489 e. The lowest BCUT2D eigenvalue weighted by Crippen LogP contribution is -2.25. The van der Waals surface area contributed by atoms with Crippen LogP contribution in [0, 0.1) is 5.82 Å². The monoisotopic (exact) mass is 347 g/mol. The summed E-state index contributed by atoms with van der Waals surface area (Å²) in [5.74, 6) is -0.189. The van der Waals surface area contributed by atoms with Crippen LogP contribution in [0.15, 0.2) is 53.7 Å². The van der Waals surface area contributed by atoms with E-state index in [2.05, 4.69) is 5.16 Å². The Morgan fingerprint density at radius 1 is 1.28 bits per heavy atom. The maximum absolute atomic E-state index is 14.0. The van der Waals surface area contributed by atoms with Crippen molar-refractivity contribution in [1.82, 2.24) is 0 Å². The topological polar surface area (TPSA) is 69.5 Å². The maximum Gasteiger partial charge on any atom is 0.272 e. The number of nitrogens with zero attached hydrogens (tertiary/aromatic N) is 1. The summed E-state index contributed by atoms with van der Waals surface area (Å²) in [6, 6.07) is 13.6. The summed E-state index contributed by atoms with van der Waals surface area (Å²) in [4.78, 5) is 0. The third-order valence-electron chi connectivity index (χ3n) is 3.68. The van der Waals surface area contributed by atoms with Crippen LogP contribution in [-0.2, 0) is 20.8 Å². The molecular weight excluding hydrogens is 329 g/mol. The summed E-state index contributed by atoms with van der Waals surface area (Å²) >= 11 is 0. The summed E-state index contributed by atoms with van der Waals surface area (Å²) in [5, 5.41) is 12.6. The molecule has 3 rings (SSSR count). The van der Waals surface area contributed by atoms with Crippen molar-refractivity contribution < 1.29 is 28.5 Å². The average molecular weight is 347 g/mol. The Morgan fingerprint density at radius 3 is 2.76 bits per heavy atom. The fourth-order valence-electron chi connectivity index (χ4n) is 2.49. The lowest BCUT2D eigenvalue weighted by molar-refractivity contribution is -0.218. The molecule has 0 aliphatic carbocycles. The van der Waals surface area contributed by atoms with E-state index in [1.165, 1.54) is 19.2 Å². The van der Waals surface area contributed by atoms with Crippen LogP contribution in [0.5, 0.6) is 5.75 Å². The Morgan fingerprint density at radius 2 is 2.08 bits per heavy atom. The molecule has 7 heteroatoms. The van der Waals surface area contributed by atoms with E-state index >= 15 is 0 Å². The Kier molecular flexibility index (Phi) is 5.60. The molecule has 0 radical (unpaired) electrons. The molecule has 0 amide bonds. The highest BCUT2D eigenvalue weighted by Crippen LogP contribution is 2.23. The number of oxime groups is 1. The molecule has 0 aromatic heterocycles. The molecule has 2 atom stereocenters. The second-order valence-electron chi connectivity index (χ2n) is 5.42. The van der Waals surface area contributed by atoms with Gasteiger partial charge in [-0.2, -0.15) is 0 Å². The van der Waals surface area contributed by atoms with Crippen molar-refractivity contribution in [2.75, 3.05) is 13.7 Å². The molecule has 0 bridgehead atoms. The van der Waals surface area contributed by atoms with E-state index < -0.39 is 18.4 Å². The fraction of sp³-hybridized carbons (Fsp3) is 0.278. The van der Waals surface area contributed by atoms with E-state index in [1.807, 2.05) is 30.3 Å². The third-order valence-corrected chi connectivity index (χ3v) is 3.68. The first-order valence-corrected chi connectivity index (χ1v) is 7.69. The number of hydrogen-bond acceptors (Lipinski definition) is 6. The molecule has 1 fully saturated rings. The van der Waals surface area contributed by atoms with Crippen molar-refractivity contribution >= 4 is 5.71 Å². The lowest BCUT2D eigenvalue weighted by Gasteiger charge is -2.13. The first-order valence-electron chi connectivity index (χ1n) is 7.69. The van der Waals surface area contributed by atoms with Crippen LogP contribution in [0.2, 0.25) is 0 Å². The fourth-order valence-corrected chi connectivity index (χ4v) is 2.49. The van der Waals surface area contributed by atoms with Gasteiger partial charge >= 0.3 is 0 Å². The van der Waals surface area contributed by atoms with Gasteiger partial charge in [0.05, 0.1) is 6.61 Å². The van der Waals surface area contributed by atoms with Gasteiger partial charge in [0.25, 0.3) is 6.48 Å². The van der Waals surface area contributed by atoms with Gasteiger partial charge in [-0.3, -0.25) is 0 Å². The van der Waals surface area contributed by atoms with Gasteiger partial charge in [-0.25, -0.2) is 4.39 Å². The smallest absolute Gasteiger partial charge is 0.272 e. The van der Waals surface area contributed by atoms with Gasteiger partial charge in [0.15, 0.2) is 0 Å². The van der Waals surface area contributed by atoms with Crippen LogP contribution in [0.1, 0.15) is 11.1 Å². The van der Waals surface area contributed by atoms with E-state index in [9.17, 15) is 9.60 Å². The van der Waals surface area contributed by atoms with Gasteiger partial charge in [0.2, 0.25) is 0 Å². The largest absolute Gasteiger partial charge is 0.489 e. The molecule has 0 saturated carbocycles. The van der Waals surface area contributed by atoms with Crippen molar-refractivity contribution in [3.8, 4) is 5.75 Å². The highest BCUT2D eigenvalue weighted by atomic mass is 19.1. The molecule has 2 aromatic carbocycles. The number of benzene rings is 2. The predicted molar refractivity (Wildman–Crippen MR) is 87.1 cm³/mol. The van der Waals surface area contributed by atoms with Gasteiger partial charge in [-0.05, 0) is 17.7 Å². The first kappa shape index (κ1) is 17.3. The van der Waals surface area contributed by atoms with Crippen LogP contribution in [-0.4, -0.2) is 37.2 Å². The van der Waals surface area contributed by atoms with Gasteiger partial charge < -0.3 is 24.2 Å². The first-order chi connectivity index (χ1) is 12.2. The number of halogens is 1. The summed E-state index contributed by atoms with van der Waals surface area (Å²) < 4.78 is 35.2. The second kappa shape index (κ2) is 8.06. The molecule has 1 aliphatic heterocycles. The van der Waals surface area contributed by atoms with E-state index in [0.29, 0.717) is 17.9 Å². The molecule has 132 valence electrons. The number of ether oxygens (including phenoxy) is 4. The Balaban J connectivity index is 1.76. The van der Waals surface area contributed by atoms with Gasteiger partial charge in [0.1, 0.15) is 30.0 Å². The number of hydrogen-bond donors (Lipinski definition) is 1. The van der Waals surface area contributed by atoms with E-state index in [4.69, 9.17) is 18.9 Å². The third kappa shape index (κ3) is 4.33. The van der Waals surface area contributed by atoms with Crippen LogP contribution >= 0.6 is 0 Å². The second-order valence-corrected chi connectivity index (χ2v) is 5.42. The minimum absolute atomic E-state index is 0.134. The van der Waals surface area contributed by atoms with Crippen LogP contribution < -0.4 is 4.74 Å². The highest BCUT2D eigenvalue weighted by molar-refractivity contribution is 6.04. The molecule has 0 unspecified atom stereocenters. The minimum atomic E-state index is -0.843. The van der Waals surface area contributed by atoms with Gasteiger partial charge in [0, 0.05) is 18.7 Å². The average Bonchev–Trinajstić information content (AvgIpc) is 3.10. The molecule has 2 aromatic rings. The molecule has 1 aliphatic rings.